The highest BCUT2D eigenvalue weighted by molar-refractivity contribution is 5.04. The van der Waals surface area contributed by atoms with E-state index in [2.05, 4.69) is 13.8 Å². The van der Waals surface area contributed by atoms with Crippen molar-refractivity contribution < 1.29 is 0 Å². The van der Waals surface area contributed by atoms with Crippen molar-refractivity contribution in [2.24, 2.45) is 47.3 Å². The monoisotopic (exact) mass is 246 g/mol. The van der Waals surface area contributed by atoms with Crippen molar-refractivity contribution in [1.29, 1.82) is 0 Å². The summed E-state index contributed by atoms with van der Waals surface area (Å²) >= 11 is 0. The standard InChI is InChI=1S/C18H30/c1-11-12(2)16-8-4-6-14-10-9-13-5-3-7-15(11)17(13)18(14)16/h11-18H,3-10H2,1-2H3/t11-,12+,13?,14?,15?,16?,17?,18?. The van der Waals surface area contributed by atoms with Crippen molar-refractivity contribution in [3.05, 3.63) is 0 Å². The molecule has 4 aliphatic rings. The van der Waals surface area contributed by atoms with Gasteiger partial charge in [0.25, 0.3) is 0 Å². The first-order valence-electron chi connectivity index (χ1n) is 8.77. The molecule has 0 nitrogen and oxygen atoms in total. The third-order valence-electron chi connectivity index (χ3n) is 7.83. The Morgan fingerprint density at radius 1 is 0.556 bits per heavy atom. The van der Waals surface area contributed by atoms with E-state index in [4.69, 9.17) is 0 Å². The maximum absolute atomic E-state index is 2.60. The quantitative estimate of drug-likeness (QED) is 0.556. The smallest absolute Gasteiger partial charge is 0.0321 e. The summed E-state index contributed by atoms with van der Waals surface area (Å²) in [6, 6.07) is 0. The molecule has 0 radical (unpaired) electrons. The topological polar surface area (TPSA) is 0 Å². The molecule has 0 spiro atoms. The van der Waals surface area contributed by atoms with E-state index in [1.807, 2.05) is 0 Å². The molecule has 102 valence electrons. The molecular formula is C18H30. The van der Waals surface area contributed by atoms with Gasteiger partial charge in [0.15, 0.2) is 0 Å². The van der Waals surface area contributed by atoms with E-state index in [-0.39, 0.29) is 0 Å². The molecule has 4 saturated carbocycles. The van der Waals surface area contributed by atoms with Crippen LogP contribution >= 0.6 is 0 Å². The molecule has 0 aromatic heterocycles. The van der Waals surface area contributed by atoms with Gasteiger partial charge in [-0.2, -0.15) is 0 Å². The van der Waals surface area contributed by atoms with Gasteiger partial charge in [0.05, 0.1) is 0 Å². The van der Waals surface area contributed by atoms with Crippen molar-refractivity contribution in [2.75, 3.05) is 0 Å². The lowest BCUT2D eigenvalue weighted by Crippen LogP contribution is -2.54. The molecule has 4 rings (SSSR count). The van der Waals surface area contributed by atoms with Crippen molar-refractivity contribution in [3.63, 3.8) is 0 Å². The van der Waals surface area contributed by atoms with Gasteiger partial charge in [-0.25, -0.2) is 0 Å². The molecule has 4 fully saturated rings. The van der Waals surface area contributed by atoms with E-state index in [0.29, 0.717) is 0 Å². The lowest BCUT2D eigenvalue weighted by atomic mass is 9.44. The van der Waals surface area contributed by atoms with Crippen LogP contribution in [0, 0.1) is 47.3 Å². The second-order valence-electron chi connectivity index (χ2n) is 8.16. The Hall–Kier alpha value is 0. The molecular weight excluding hydrogens is 216 g/mol. The van der Waals surface area contributed by atoms with Crippen LogP contribution in [0.1, 0.15) is 65.2 Å². The molecule has 0 saturated heterocycles. The Bertz CT molecular complexity index is 288. The molecule has 0 amide bonds. The first-order valence-corrected chi connectivity index (χ1v) is 8.77. The van der Waals surface area contributed by atoms with Crippen molar-refractivity contribution in [3.8, 4) is 0 Å². The number of hydrogen-bond acceptors (Lipinski definition) is 0. The molecule has 0 heterocycles. The van der Waals surface area contributed by atoms with Gasteiger partial charge in [0, 0.05) is 0 Å². The van der Waals surface area contributed by atoms with Crippen LogP contribution in [0.2, 0.25) is 0 Å². The molecule has 0 aliphatic heterocycles. The fourth-order valence-electron chi connectivity index (χ4n) is 7.01. The highest BCUT2D eigenvalue weighted by Gasteiger charge is 2.55. The number of hydrogen-bond donors (Lipinski definition) is 0. The summed E-state index contributed by atoms with van der Waals surface area (Å²) in [6.07, 6.45) is 12.6. The van der Waals surface area contributed by atoms with E-state index < -0.39 is 0 Å². The summed E-state index contributed by atoms with van der Waals surface area (Å²) in [6.45, 7) is 5.21. The zero-order valence-electron chi connectivity index (χ0n) is 12.3. The van der Waals surface area contributed by atoms with E-state index in [1.54, 1.807) is 51.4 Å². The highest BCUT2D eigenvalue weighted by atomic mass is 14.6. The van der Waals surface area contributed by atoms with Crippen LogP contribution in [-0.2, 0) is 0 Å². The van der Waals surface area contributed by atoms with Crippen LogP contribution in [0.3, 0.4) is 0 Å². The van der Waals surface area contributed by atoms with Gasteiger partial charge in [-0.1, -0.05) is 39.5 Å². The Morgan fingerprint density at radius 3 is 1.44 bits per heavy atom. The SMILES string of the molecule is C[C@@H]1C2CCCC3CCC4CCCC(C4C32)[C@@H]1C. The largest absolute Gasteiger partial charge is 0.0620 e. The summed E-state index contributed by atoms with van der Waals surface area (Å²) < 4.78 is 0. The molecule has 4 aliphatic carbocycles. The molecule has 0 heteroatoms. The van der Waals surface area contributed by atoms with Gasteiger partial charge in [-0.3, -0.25) is 0 Å². The van der Waals surface area contributed by atoms with Crippen LogP contribution in [0.5, 0.6) is 0 Å². The summed E-state index contributed by atoms with van der Waals surface area (Å²) in [5.41, 5.74) is 0. The predicted octanol–water partition coefficient (Wildman–Crippen LogP) is 5.13. The van der Waals surface area contributed by atoms with E-state index in [9.17, 15) is 0 Å². The van der Waals surface area contributed by atoms with Gasteiger partial charge in [0.2, 0.25) is 0 Å². The van der Waals surface area contributed by atoms with Crippen molar-refractivity contribution in [2.45, 2.75) is 65.2 Å². The van der Waals surface area contributed by atoms with Crippen LogP contribution in [0.4, 0.5) is 0 Å². The summed E-state index contributed by atoms with van der Waals surface area (Å²) in [5, 5.41) is 0. The first kappa shape index (κ1) is 11.8. The van der Waals surface area contributed by atoms with Gasteiger partial charge < -0.3 is 0 Å². The molecule has 6 unspecified atom stereocenters. The van der Waals surface area contributed by atoms with Crippen molar-refractivity contribution >= 4 is 0 Å². The Morgan fingerprint density at radius 2 is 1.00 bits per heavy atom. The van der Waals surface area contributed by atoms with Crippen molar-refractivity contribution in [1.82, 2.24) is 0 Å². The molecule has 18 heavy (non-hydrogen) atoms. The number of rotatable bonds is 0. The Labute approximate surface area is 113 Å². The van der Waals surface area contributed by atoms with E-state index in [1.165, 1.54) is 0 Å². The van der Waals surface area contributed by atoms with Gasteiger partial charge in [-0.05, 0) is 73.0 Å². The molecule has 8 atom stereocenters. The zero-order chi connectivity index (χ0) is 12.3. The third kappa shape index (κ3) is 1.50. The Kier molecular flexibility index (Phi) is 2.79. The van der Waals surface area contributed by atoms with Crippen LogP contribution < -0.4 is 0 Å². The van der Waals surface area contributed by atoms with Gasteiger partial charge in [-0.15, -0.1) is 0 Å². The first-order chi connectivity index (χ1) is 8.77. The van der Waals surface area contributed by atoms with Crippen LogP contribution in [-0.4, -0.2) is 0 Å². The minimum Gasteiger partial charge on any atom is -0.0620 e. The average molecular weight is 246 g/mol. The lowest BCUT2D eigenvalue weighted by Gasteiger charge is -2.61. The minimum atomic E-state index is 1.02. The molecule has 0 N–H and O–H groups in total. The highest BCUT2D eigenvalue weighted by Crippen LogP contribution is 2.62. The molecule has 0 aromatic rings. The second kappa shape index (κ2) is 4.25. The fourth-order valence-corrected chi connectivity index (χ4v) is 7.01. The maximum atomic E-state index is 2.60. The summed E-state index contributed by atoms with van der Waals surface area (Å²) in [5.74, 6) is 8.87. The Balaban J connectivity index is 1.72. The average Bonchev–Trinajstić information content (AvgIpc) is 2.43. The normalized spacial score (nSPS) is 59.0. The maximum Gasteiger partial charge on any atom is -0.0321 e. The summed E-state index contributed by atoms with van der Waals surface area (Å²) in [4.78, 5) is 0. The lowest BCUT2D eigenvalue weighted by molar-refractivity contribution is -0.124. The molecule has 0 aromatic carbocycles. The van der Waals surface area contributed by atoms with E-state index in [0.717, 1.165) is 47.3 Å². The van der Waals surface area contributed by atoms with Gasteiger partial charge in [0.1, 0.15) is 0 Å². The van der Waals surface area contributed by atoms with Crippen LogP contribution in [0.15, 0.2) is 0 Å². The van der Waals surface area contributed by atoms with E-state index >= 15 is 0 Å². The fraction of sp³-hybridized carbons (Fsp3) is 1.00. The molecule has 0 bridgehead atoms. The summed E-state index contributed by atoms with van der Waals surface area (Å²) in [7, 11) is 0. The third-order valence-corrected chi connectivity index (χ3v) is 7.83. The van der Waals surface area contributed by atoms with Crippen LogP contribution in [0.25, 0.3) is 0 Å². The minimum absolute atomic E-state index is 1.02. The second-order valence-corrected chi connectivity index (χ2v) is 8.16. The zero-order valence-corrected chi connectivity index (χ0v) is 12.3. The predicted molar refractivity (Wildman–Crippen MR) is 76.2 cm³/mol. The van der Waals surface area contributed by atoms with Gasteiger partial charge >= 0.3 is 0 Å².